The van der Waals surface area contributed by atoms with Crippen molar-refractivity contribution < 1.29 is 8.42 Å². The normalized spacial score (nSPS) is 11.2. The maximum atomic E-state index is 11.1. The number of pyridine rings is 1. The van der Waals surface area contributed by atoms with E-state index >= 15 is 0 Å². The summed E-state index contributed by atoms with van der Waals surface area (Å²) in [7, 11) is -3.29. The molecule has 0 amide bonds. The van der Waals surface area contributed by atoms with Gasteiger partial charge in [-0.25, -0.2) is 13.4 Å². The predicted octanol–water partition coefficient (Wildman–Crippen LogP) is 2.81. The molecule has 0 unspecified atom stereocenters. The van der Waals surface area contributed by atoms with E-state index in [1.807, 2.05) is 12.1 Å². The molecule has 5 nitrogen and oxygen atoms in total. The van der Waals surface area contributed by atoms with Gasteiger partial charge in [0.25, 0.3) is 0 Å². The number of aryl methyl sites for hydroxylation is 2. The van der Waals surface area contributed by atoms with Crippen molar-refractivity contribution in [2.24, 2.45) is 0 Å². The topological polar surface area (TPSA) is 71.1 Å². The highest BCUT2D eigenvalue weighted by molar-refractivity contribution is 7.92. The molecule has 0 radical (unpaired) electrons. The van der Waals surface area contributed by atoms with Crippen LogP contribution in [0, 0.1) is 13.8 Å². The van der Waals surface area contributed by atoms with Crippen LogP contribution in [0.3, 0.4) is 0 Å². The van der Waals surface area contributed by atoms with Crippen molar-refractivity contribution in [1.29, 1.82) is 0 Å². The van der Waals surface area contributed by atoms with Crippen LogP contribution in [0.15, 0.2) is 36.5 Å². The largest absolute Gasteiger partial charge is 0.354 e. The fourth-order valence-corrected chi connectivity index (χ4v) is 2.20. The Labute approximate surface area is 119 Å². The van der Waals surface area contributed by atoms with Crippen LogP contribution in [-0.4, -0.2) is 19.7 Å². The fourth-order valence-electron chi connectivity index (χ4n) is 1.70. The highest BCUT2D eigenvalue weighted by atomic mass is 32.2. The number of nitrogens with one attached hydrogen (secondary N) is 2. The first-order valence-corrected chi connectivity index (χ1v) is 8.01. The molecule has 6 heteroatoms. The van der Waals surface area contributed by atoms with Crippen LogP contribution < -0.4 is 10.0 Å². The molecule has 0 aliphatic heterocycles. The zero-order valence-electron chi connectivity index (χ0n) is 11.6. The smallest absolute Gasteiger partial charge is 0.230 e. The first kappa shape index (κ1) is 14.3. The summed E-state index contributed by atoms with van der Waals surface area (Å²) in [5, 5.41) is 3.22. The van der Waals surface area contributed by atoms with E-state index < -0.39 is 10.0 Å². The molecule has 0 saturated carbocycles. The Balaban J connectivity index is 2.12. The van der Waals surface area contributed by atoms with Crippen molar-refractivity contribution in [3.63, 3.8) is 0 Å². The number of nitrogens with zero attached hydrogens (tertiary/aromatic N) is 1. The van der Waals surface area contributed by atoms with E-state index in [1.54, 1.807) is 18.3 Å². The van der Waals surface area contributed by atoms with Crippen molar-refractivity contribution in [3.05, 3.63) is 47.7 Å². The molecule has 0 fully saturated rings. The Kier molecular flexibility index (Phi) is 3.94. The second-order valence-electron chi connectivity index (χ2n) is 4.73. The second-order valence-corrected chi connectivity index (χ2v) is 6.48. The Morgan fingerprint density at radius 3 is 2.25 bits per heavy atom. The fraction of sp³-hybridized carbons (Fsp3) is 0.214. The molecule has 0 bridgehead atoms. The van der Waals surface area contributed by atoms with Crippen molar-refractivity contribution in [2.45, 2.75) is 13.8 Å². The average molecular weight is 291 g/mol. The van der Waals surface area contributed by atoms with Crippen LogP contribution in [-0.2, 0) is 10.0 Å². The van der Waals surface area contributed by atoms with Crippen molar-refractivity contribution in [2.75, 3.05) is 16.3 Å². The van der Waals surface area contributed by atoms with Gasteiger partial charge in [0.15, 0.2) is 0 Å². The molecule has 0 saturated heterocycles. The highest BCUT2D eigenvalue weighted by Gasteiger charge is 2.03. The average Bonchev–Trinajstić information content (AvgIpc) is 2.35. The standard InChI is InChI=1S/C14H17N3O2S/c1-10-4-5-12(8-11(10)2)16-13-6-7-14(15-9-13)17-20(3,18)19/h4-9,16H,1-3H3,(H,15,17). The first-order valence-electron chi connectivity index (χ1n) is 6.11. The molecular formula is C14H17N3O2S. The van der Waals surface area contributed by atoms with E-state index in [4.69, 9.17) is 0 Å². The Bertz CT molecular complexity index is 710. The van der Waals surface area contributed by atoms with E-state index in [0.29, 0.717) is 5.82 Å². The lowest BCUT2D eigenvalue weighted by Gasteiger charge is -2.09. The molecule has 0 aliphatic carbocycles. The van der Waals surface area contributed by atoms with Crippen LogP contribution >= 0.6 is 0 Å². The van der Waals surface area contributed by atoms with Gasteiger partial charge in [-0.15, -0.1) is 0 Å². The Hall–Kier alpha value is -2.08. The molecule has 106 valence electrons. The lowest BCUT2D eigenvalue weighted by molar-refractivity contribution is 0.606. The van der Waals surface area contributed by atoms with Crippen molar-refractivity contribution in [1.82, 2.24) is 4.98 Å². The quantitative estimate of drug-likeness (QED) is 0.908. The zero-order chi connectivity index (χ0) is 14.8. The third-order valence-electron chi connectivity index (χ3n) is 2.85. The molecule has 20 heavy (non-hydrogen) atoms. The molecule has 0 spiro atoms. The van der Waals surface area contributed by atoms with E-state index in [-0.39, 0.29) is 0 Å². The van der Waals surface area contributed by atoms with E-state index in [0.717, 1.165) is 17.6 Å². The van der Waals surface area contributed by atoms with E-state index in [1.165, 1.54) is 11.1 Å². The lowest BCUT2D eigenvalue weighted by Crippen LogP contribution is -2.10. The minimum Gasteiger partial charge on any atom is -0.354 e. The summed E-state index contributed by atoms with van der Waals surface area (Å²) < 4.78 is 24.5. The summed E-state index contributed by atoms with van der Waals surface area (Å²) in [6.45, 7) is 4.12. The minimum absolute atomic E-state index is 0.304. The molecular weight excluding hydrogens is 274 g/mol. The first-order chi connectivity index (χ1) is 9.33. The molecule has 2 N–H and O–H groups in total. The monoisotopic (exact) mass is 291 g/mol. The number of sulfonamides is 1. The van der Waals surface area contributed by atoms with Gasteiger partial charge >= 0.3 is 0 Å². The molecule has 1 aromatic heterocycles. The van der Waals surface area contributed by atoms with Gasteiger partial charge in [0.05, 0.1) is 18.1 Å². The summed E-state index contributed by atoms with van der Waals surface area (Å²) in [6, 6.07) is 9.48. The number of benzene rings is 1. The number of hydrogen-bond acceptors (Lipinski definition) is 4. The van der Waals surface area contributed by atoms with Gasteiger partial charge in [0.2, 0.25) is 10.0 Å². The van der Waals surface area contributed by atoms with E-state index in [9.17, 15) is 8.42 Å². The van der Waals surface area contributed by atoms with Gasteiger partial charge in [-0.2, -0.15) is 0 Å². The Morgan fingerprint density at radius 1 is 1.00 bits per heavy atom. The predicted molar refractivity (Wildman–Crippen MR) is 81.9 cm³/mol. The summed E-state index contributed by atoms with van der Waals surface area (Å²) in [5.74, 6) is 0.304. The molecule has 0 atom stereocenters. The number of hydrogen-bond donors (Lipinski definition) is 2. The van der Waals surface area contributed by atoms with Crippen LogP contribution in [0.1, 0.15) is 11.1 Å². The van der Waals surface area contributed by atoms with Gasteiger partial charge < -0.3 is 5.32 Å². The maximum Gasteiger partial charge on any atom is 0.230 e. The van der Waals surface area contributed by atoms with Crippen molar-refractivity contribution >= 4 is 27.2 Å². The molecule has 1 aromatic carbocycles. The third-order valence-corrected chi connectivity index (χ3v) is 3.43. The summed E-state index contributed by atoms with van der Waals surface area (Å²) in [6.07, 6.45) is 2.68. The third kappa shape index (κ3) is 3.96. The molecule has 1 heterocycles. The number of anilines is 3. The van der Waals surface area contributed by atoms with Gasteiger partial charge in [-0.05, 0) is 49.2 Å². The van der Waals surface area contributed by atoms with Crippen LogP contribution in [0.25, 0.3) is 0 Å². The SMILES string of the molecule is Cc1ccc(Nc2ccc(NS(C)(=O)=O)nc2)cc1C. The number of aromatic nitrogens is 1. The maximum absolute atomic E-state index is 11.1. The van der Waals surface area contributed by atoms with Crippen LogP contribution in [0.2, 0.25) is 0 Å². The summed E-state index contributed by atoms with van der Waals surface area (Å²) in [4.78, 5) is 4.05. The number of rotatable bonds is 4. The minimum atomic E-state index is -3.29. The highest BCUT2D eigenvalue weighted by Crippen LogP contribution is 2.20. The molecule has 2 rings (SSSR count). The Morgan fingerprint density at radius 2 is 1.70 bits per heavy atom. The molecule has 0 aliphatic rings. The van der Waals surface area contributed by atoms with Gasteiger partial charge in [0.1, 0.15) is 5.82 Å². The zero-order valence-corrected chi connectivity index (χ0v) is 12.5. The van der Waals surface area contributed by atoms with Crippen molar-refractivity contribution in [3.8, 4) is 0 Å². The van der Waals surface area contributed by atoms with E-state index in [2.05, 4.69) is 34.9 Å². The van der Waals surface area contributed by atoms with Crippen LogP contribution in [0.4, 0.5) is 17.2 Å². The van der Waals surface area contributed by atoms with Gasteiger partial charge in [-0.1, -0.05) is 6.07 Å². The van der Waals surface area contributed by atoms with Gasteiger partial charge in [-0.3, -0.25) is 4.72 Å². The summed E-state index contributed by atoms with van der Waals surface area (Å²) >= 11 is 0. The summed E-state index contributed by atoms with van der Waals surface area (Å²) in [5.41, 5.74) is 4.21. The molecule has 2 aromatic rings. The van der Waals surface area contributed by atoms with Gasteiger partial charge in [0, 0.05) is 5.69 Å². The second kappa shape index (κ2) is 5.50. The lowest BCUT2D eigenvalue weighted by atomic mass is 10.1. The van der Waals surface area contributed by atoms with Crippen LogP contribution in [0.5, 0.6) is 0 Å².